The summed E-state index contributed by atoms with van der Waals surface area (Å²) in [6, 6.07) is 1.82. The van der Waals surface area contributed by atoms with Gasteiger partial charge in [-0.25, -0.2) is 4.98 Å². The van der Waals surface area contributed by atoms with Gasteiger partial charge in [0.2, 0.25) is 5.91 Å². The van der Waals surface area contributed by atoms with Crippen molar-refractivity contribution in [3.05, 3.63) is 33.6 Å². The molecular weight excluding hydrogens is 338 g/mol. The molecule has 0 aliphatic carbocycles. The second-order valence-corrected chi connectivity index (χ2v) is 5.08. The molecule has 0 saturated carbocycles. The Labute approximate surface area is 113 Å². The van der Waals surface area contributed by atoms with Gasteiger partial charge in [0.15, 0.2) is 0 Å². The van der Waals surface area contributed by atoms with Crippen LogP contribution < -0.4 is 4.90 Å². The van der Waals surface area contributed by atoms with Crippen LogP contribution >= 0.6 is 34.2 Å². The molecule has 16 heavy (non-hydrogen) atoms. The van der Waals surface area contributed by atoms with Gasteiger partial charge >= 0.3 is 0 Å². The van der Waals surface area contributed by atoms with E-state index in [2.05, 4.69) is 34.2 Å². The van der Waals surface area contributed by atoms with Gasteiger partial charge in [-0.15, -0.1) is 6.58 Å². The molecule has 1 aromatic heterocycles. The monoisotopic (exact) mass is 348 g/mol. The molecule has 1 aromatic rings. The van der Waals surface area contributed by atoms with Crippen LogP contribution in [0.15, 0.2) is 24.9 Å². The number of nitrogens with zero attached hydrogens (tertiary/aromatic N) is 2. The van der Waals surface area contributed by atoms with Crippen LogP contribution in [0.2, 0.25) is 5.15 Å². The average Bonchev–Trinajstić information content (AvgIpc) is 2.64. The molecule has 1 saturated heterocycles. The molecule has 2 heterocycles. The minimum atomic E-state index is 0.116. The Kier molecular flexibility index (Phi) is 3.49. The molecule has 1 unspecified atom stereocenters. The quantitative estimate of drug-likeness (QED) is 0.468. The van der Waals surface area contributed by atoms with E-state index >= 15 is 0 Å². The van der Waals surface area contributed by atoms with E-state index in [0.717, 1.165) is 9.26 Å². The number of rotatable bonds is 2. The van der Waals surface area contributed by atoms with Crippen LogP contribution in [0, 0.1) is 9.49 Å². The smallest absolute Gasteiger partial charge is 0.227 e. The van der Waals surface area contributed by atoms with E-state index in [4.69, 9.17) is 11.6 Å². The van der Waals surface area contributed by atoms with Crippen molar-refractivity contribution < 1.29 is 4.79 Å². The molecule has 0 N–H and O–H groups in total. The highest BCUT2D eigenvalue weighted by atomic mass is 127. The summed E-state index contributed by atoms with van der Waals surface area (Å²) in [5.74, 6) is 0.348. The van der Waals surface area contributed by atoms with E-state index in [9.17, 15) is 4.79 Å². The van der Waals surface area contributed by atoms with Crippen molar-refractivity contribution in [3.8, 4) is 0 Å². The van der Waals surface area contributed by atoms with Gasteiger partial charge in [-0.05, 0) is 28.7 Å². The molecule has 1 aliphatic heterocycles. The molecule has 5 heteroatoms. The lowest BCUT2D eigenvalue weighted by Crippen LogP contribution is -2.25. The van der Waals surface area contributed by atoms with Gasteiger partial charge in [-0.2, -0.15) is 0 Å². The zero-order chi connectivity index (χ0) is 11.7. The molecule has 0 bridgehead atoms. The van der Waals surface area contributed by atoms with Crippen molar-refractivity contribution in [2.45, 2.75) is 6.42 Å². The van der Waals surface area contributed by atoms with Crippen LogP contribution in [0.25, 0.3) is 0 Å². The molecule has 1 amide bonds. The van der Waals surface area contributed by atoms with Gasteiger partial charge in [0.1, 0.15) is 5.15 Å². The maximum Gasteiger partial charge on any atom is 0.227 e. The molecule has 1 aliphatic rings. The number of hydrogen-bond donors (Lipinski definition) is 0. The maximum absolute atomic E-state index is 11.8. The lowest BCUT2D eigenvalue weighted by atomic mass is 10.1. The lowest BCUT2D eigenvalue weighted by Gasteiger charge is -2.18. The predicted octanol–water partition coefficient (Wildman–Crippen LogP) is 2.88. The topological polar surface area (TPSA) is 33.2 Å². The van der Waals surface area contributed by atoms with E-state index in [-0.39, 0.29) is 11.8 Å². The Morgan fingerprint density at radius 1 is 1.69 bits per heavy atom. The first-order valence-electron chi connectivity index (χ1n) is 4.86. The molecule has 2 rings (SSSR count). The minimum absolute atomic E-state index is 0.116. The highest BCUT2D eigenvalue weighted by molar-refractivity contribution is 14.1. The molecule has 3 nitrogen and oxygen atoms in total. The van der Waals surface area contributed by atoms with Crippen molar-refractivity contribution >= 4 is 45.8 Å². The van der Waals surface area contributed by atoms with Gasteiger partial charge < -0.3 is 4.90 Å². The number of amides is 1. The molecule has 0 aromatic carbocycles. The fraction of sp³-hybridized carbons (Fsp3) is 0.273. The second-order valence-electron chi connectivity index (χ2n) is 3.64. The van der Waals surface area contributed by atoms with Crippen molar-refractivity contribution in [1.29, 1.82) is 0 Å². The summed E-state index contributed by atoms with van der Waals surface area (Å²) >= 11 is 8.04. The Balaban J connectivity index is 2.35. The first-order chi connectivity index (χ1) is 7.63. The second kappa shape index (κ2) is 4.71. The number of carbonyl (C=O) groups excluding carboxylic acids is 1. The first-order valence-corrected chi connectivity index (χ1v) is 6.32. The van der Waals surface area contributed by atoms with Crippen LogP contribution in [-0.2, 0) is 4.79 Å². The fourth-order valence-corrected chi connectivity index (χ4v) is 2.51. The van der Waals surface area contributed by atoms with Gasteiger partial charge in [-0.3, -0.25) is 4.79 Å². The van der Waals surface area contributed by atoms with E-state index in [1.165, 1.54) is 0 Å². The Bertz CT molecular complexity index is 450. The summed E-state index contributed by atoms with van der Waals surface area (Å²) in [5.41, 5.74) is 0.843. The summed E-state index contributed by atoms with van der Waals surface area (Å²) < 4.78 is 0.819. The number of halogens is 2. The number of aromatic nitrogens is 1. The molecular formula is C11H10ClIN2O. The third-order valence-electron chi connectivity index (χ3n) is 2.61. The van der Waals surface area contributed by atoms with Gasteiger partial charge in [0.25, 0.3) is 0 Å². The molecule has 0 spiro atoms. The van der Waals surface area contributed by atoms with Crippen LogP contribution in [0.1, 0.15) is 6.42 Å². The van der Waals surface area contributed by atoms with Crippen LogP contribution in [0.5, 0.6) is 0 Å². The van der Waals surface area contributed by atoms with Crippen LogP contribution in [0.4, 0.5) is 5.69 Å². The van der Waals surface area contributed by atoms with Crippen LogP contribution in [-0.4, -0.2) is 17.4 Å². The van der Waals surface area contributed by atoms with Crippen molar-refractivity contribution in [3.63, 3.8) is 0 Å². The number of pyridine rings is 1. The van der Waals surface area contributed by atoms with Crippen molar-refractivity contribution in [1.82, 2.24) is 4.98 Å². The van der Waals surface area contributed by atoms with Gasteiger partial charge in [0.05, 0.1) is 9.26 Å². The lowest BCUT2D eigenvalue weighted by molar-refractivity contribution is -0.117. The Hall–Kier alpha value is -0.620. The summed E-state index contributed by atoms with van der Waals surface area (Å²) in [7, 11) is 0. The van der Waals surface area contributed by atoms with E-state index in [0.29, 0.717) is 18.1 Å². The Morgan fingerprint density at radius 2 is 2.44 bits per heavy atom. The standard InChI is InChI=1S/C11H10ClIN2O/c1-2-7-5-9(16)15(6-7)8-3-4-14-11(12)10(8)13/h2-4,7H,1,5-6H2. The number of anilines is 1. The van der Waals surface area contributed by atoms with Gasteiger partial charge in [-0.1, -0.05) is 17.7 Å². The summed E-state index contributed by atoms with van der Waals surface area (Å²) in [6.07, 6.45) is 3.97. The van der Waals surface area contributed by atoms with Crippen molar-refractivity contribution in [2.24, 2.45) is 5.92 Å². The molecule has 0 radical (unpaired) electrons. The largest absolute Gasteiger partial charge is 0.311 e. The summed E-state index contributed by atoms with van der Waals surface area (Å²) in [6.45, 7) is 4.41. The number of carbonyl (C=O) groups is 1. The SMILES string of the molecule is C=CC1CC(=O)N(c2ccnc(Cl)c2I)C1. The van der Waals surface area contributed by atoms with Gasteiger partial charge in [0, 0.05) is 25.1 Å². The van der Waals surface area contributed by atoms with Crippen molar-refractivity contribution in [2.75, 3.05) is 11.4 Å². The zero-order valence-electron chi connectivity index (χ0n) is 8.49. The summed E-state index contributed by atoms with van der Waals surface area (Å²) in [4.78, 5) is 17.5. The summed E-state index contributed by atoms with van der Waals surface area (Å²) in [5, 5.41) is 0.438. The fourth-order valence-electron chi connectivity index (χ4n) is 1.74. The van der Waals surface area contributed by atoms with Crippen LogP contribution in [0.3, 0.4) is 0 Å². The normalized spacial score (nSPS) is 20.2. The third-order valence-corrected chi connectivity index (χ3v) is 4.27. The van der Waals surface area contributed by atoms with E-state index in [1.807, 2.05) is 12.1 Å². The first kappa shape index (κ1) is 11.9. The molecule has 84 valence electrons. The predicted molar refractivity (Wildman–Crippen MR) is 72.6 cm³/mol. The third kappa shape index (κ3) is 2.08. The molecule has 1 atom stereocenters. The molecule has 1 fully saturated rings. The number of hydrogen-bond acceptors (Lipinski definition) is 2. The highest BCUT2D eigenvalue weighted by Gasteiger charge is 2.30. The maximum atomic E-state index is 11.8. The van der Waals surface area contributed by atoms with E-state index in [1.54, 1.807) is 11.1 Å². The van der Waals surface area contributed by atoms with E-state index < -0.39 is 0 Å². The minimum Gasteiger partial charge on any atom is -0.311 e. The Morgan fingerprint density at radius 3 is 3.06 bits per heavy atom. The average molecular weight is 349 g/mol. The zero-order valence-corrected chi connectivity index (χ0v) is 11.4. The highest BCUT2D eigenvalue weighted by Crippen LogP contribution is 2.31.